The molecule has 1 N–H and O–H groups in total. The lowest BCUT2D eigenvalue weighted by molar-refractivity contribution is 0.823. The van der Waals surface area contributed by atoms with E-state index >= 15 is 0 Å². The molecule has 0 saturated carbocycles. The molecule has 0 unspecified atom stereocenters. The van der Waals surface area contributed by atoms with Gasteiger partial charge in [0.2, 0.25) is 0 Å². The first kappa shape index (κ1) is 12.8. The fourth-order valence-corrected chi connectivity index (χ4v) is 2.46. The Balaban J connectivity index is 2.59. The van der Waals surface area contributed by atoms with Crippen molar-refractivity contribution in [2.45, 2.75) is 33.6 Å². The van der Waals surface area contributed by atoms with Gasteiger partial charge in [-0.15, -0.1) is 0 Å². The third-order valence-corrected chi connectivity index (χ3v) is 3.06. The van der Waals surface area contributed by atoms with Crippen molar-refractivity contribution < 1.29 is 0 Å². The van der Waals surface area contributed by atoms with Crippen LogP contribution >= 0.6 is 12.2 Å². The Labute approximate surface area is 112 Å². The Morgan fingerprint density at radius 2 is 1.94 bits per heavy atom. The second-order valence-corrected chi connectivity index (χ2v) is 4.96. The second-order valence-electron chi connectivity index (χ2n) is 4.57. The van der Waals surface area contributed by atoms with Crippen LogP contribution in [-0.4, -0.2) is 19.9 Å². The number of hydrogen-bond donors (Lipinski definition) is 1. The van der Waals surface area contributed by atoms with E-state index in [1.807, 2.05) is 19.9 Å². The molecule has 0 fully saturated rings. The first-order chi connectivity index (χ1) is 8.49. The van der Waals surface area contributed by atoms with Crippen molar-refractivity contribution >= 4 is 12.2 Å². The summed E-state index contributed by atoms with van der Waals surface area (Å²) >= 11 is 5.36. The predicted molar refractivity (Wildman–Crippen MR) is 74.0 cm³/mol. The van der Waals surface area contributed by atoms with E-state index in [2.05, 4.69) is 33.8 Å². The zero-order chi connectivity index (χ0) is 13.3. The standard InChI is InChI=1S/C13H16N4S/c1-7(2)11-8(3)15-12(17-13(11)18)10-5-6-14-9(4)16-10/h5-7H,1-4H3,(H,15,17,18). The van der Waals surface area contributed by atoms with Crippen molar-refractivity contribution in [2.75, 3.05) is 0 Å². The third kappa shape index (κ3) is 2.46. The zero-order valence-electron chi connectivity index (χ0n) is 11.0. The van der Waals surface area contributed by atoms with Crippen molar-refractivity contribution in [1.29, 1.82) is 0 Å². The molecule has 0 saturated heterocycles. The SMILES string of the molecule is Cc1nccc(-c2nc(=S)c(C(C)C)c(C)[nH]2)n1. The Morgan fingerprint density at radius 3 is 2.50 bits per heavy atom. The monoisotopic (exact) mass is 260 g/mol. The molecule has 2 aromatic heterocycles. The summed E-state index contributed by atoms with van der Waals surface area (Å²) < 4.78 is 0.646. The maximum Gasteiger partial charge on any atom is 0.157 e. The number of aromatic nitrogens is 4. The van der Waals surface area contributed by atoms with Gasteiger partial charge in [0.05, 0.1) is 0 Å². The van der Waals surface area contributed by atoms with Gasteiger partial charge in [0, 0.05) is 17.5 Å². The molecule has 0 aliphatic carbocycles. The Hall–Kier alpha value is -1.62. The summed E-state index contributed by atoms with van der Waals surface area (Å²) in [6.07, 6.45) is 1.72. The largest absolute Gasteiger partial charge is 0.342 e. The van der Waals surface area contributed by atoms with E-state index in [-0.39, 0.29) is 0 Å². The van der Waals surface area contributed by atoms with Crippen LogP contribution < -0.4 is 0 Å². The van der Waals surface area contributed by atoms with Gasteiger partial charge in [-0.2, -0.15) is 0 Å². The molecule has 0 aromatic carbocycles. The topological polar surface area (TPSA) is 54.5 Å². The molecule has 0 atom stereocenters. The van der Waals surface area contributed by atoms with E-state index in [9.17, 15) is 0 Å². The Bertz CT molecular complexity index is 631. The Morgan fingerprint density at radius 1 is 1.22 bits per heavy atom. The zero-order valence-corrected chi connectivity index (χ0v) is 11.8. The lowest BCUT2D eigenvalue weighted by atomic mass is 10.0. The molecule has 0 aliphatic heterocycles. The van der Waals surface area contributed by atoms with Gasteiger partial charge in [-0.25, -0.2) is 15.0 Å². The van der Waals surface area contributed by atoms with Crippen LogP contribution in [0, 0.1) is 18.5 Å². The van der Waals surface area contributed by atoms with Crippen molar-refractivity contribution in [2.24, 2.45) is 0 Å². The number of aryl methyl sites for hydroxylation is 2. The summed E-state index contributed by atoms with van der Waals surface area (Å²) in [6.45, 7) is 8.10. The minimum atomic E-state index is 0.363. The lowest BCUT2D eigenvalue weighted by Crippen LogP contribution is -2.03. The smallest absolute Gasteiger partial charge is 0.157 e. The average Bonchev–Trinajstić information content (AvgIpc) is 2.27. The van der Waals surface area contributed by atoms with E-state index in [1.165, 1.54) is 0 Å². The highest BCUT2D eigenvalue weighted by Gasteiger charge is 2.10. The molecular formula is C13H16N4S. The van der Waals surface area contributed by atoms with Gasteiger partial charge in [0.25, 0.3) is 0 Å². The van der Waals surface area contributed by atoms with E-state index in [0.29, 0.717) is 16.4 Å². The van der Waals surface area contributed by atoms with Crippen LogP contribution in [-0.2, 0) is 0 Å². The van der Waals surface area contributed by atoms with Crippen LogP contribution in [0.25, 0.3) is 11.5 Å². The van der Waals surface area contributed by atoms with Gasteiger partial charge in [0.15, 0.2) is 5.82 Å². The van der Waals surface area contributed by atoms with Crippen molar-refractivity contribution in [3.8, 4) is 11.5 Å². The summed E-state index contributed by atoms with van der Waals surface area (Å²) in [5.74, 6) is 1.79. The molecular weight excluding hydrogens is 244 g/mol. The molecule has 5 heteroatoms. The van der Waals surface area contributed by atoms with Gasteiger partial charge in [-0.1, -0.05) is 26.1 Å². The van der Waals surface area contributed by atoms with E-state index in [0.717, 1.165) is 22.8 Å². The fourth-order valence-electron chi connectivity index (χ4n) is 1.98. The van der Waals surface area contributed by atoms with Crippen LogP contribution in [0.2, 0.25) is 0 Å². The molecule has 4 nitrogen and oxygen atoms in total. The van der Waals surface area contributed by atoms with Crippen LogP contribution in [0.3, 0.4) is 0 Å². The maximum atomic E-state index is 5.36. The highest BCUT2D eigenvalue weighted by molar-refractivity contribution is 7.71. The number of rotatable bonds is 2. The maximum absolute atomic E-state index is 5.36. The van der Waals surface area contributed by atoms with E-state index in [1.54, 1.807) is 6.20 Å². The molecule has 0 spiro atoms. The van der Waals surface area contributed by atoms with Gasteiger partial charge >= 0.3 is 0 Å². The second kappa shape index (κ2) is 4.94. The first-order valence-corrected chi connectivity index (χ1v) is 6.30. The van der Waals surface area contributed by atoms with Crippen LogP contribution in [0.5, 0.6) is 0 Å². The number of nitrogens with zero attached hydrogens (tertiary/aromatic N) is 3. The average molecular weight is 260 g/mol. The van der Waals surface area contributed by atoms with Crippen molar-refractivity contribution in [3.63, 3.8) is 0 Å². The van der Waals surface area contributed by atoms with Gasteiger partial charge in [-0.3, -0.25) is 0 Å². The van der Waals surface area contributed by atoms with Crippen molar-refractivity contribution in [1.82, 2.24) is 19.9 Å². The highest BCUT2D eigenvalue weighted by Crippen LogP contribution is 2.21. The van der Waals surface area contributed by atoms with E-state index in [4.69, 9.17) is 12.2 Å². The summed E-state index contributed by atoms with van der Waals surface area (Å²) in [6, 6.07) is 1.83. The highest BCUT2D eigenvalue weighted by atomic mass is 32.1. The lowest BCUT2D eigenvalue weighted by Gasteiger charge is -2.11. The molecule has 0 amide bonds. The van der Waals surface area contributed by atoms with Gasteiger partial charge in [0.1, 0.15) is 16.2 Å². The molecule has 2 rings (SSSR count). The molecule has 94 valence electrons. The number of hydrogen-bond acceptors (Lipinski definition) is 4. The first-order valence-electron chi connectivity index (χ1n) is 5.90. The predicted octanol–water partition coefficient (Wildman–Crippen LogP) is 3.34. The Kier molecular flexibility index (Phi) is 3.52. The number of H-pyrrole nitrogens is 1. The molecule has 18 heavy (non-hydrogen) atoms. The summed E-state index contributed by atoms with van der Waals surface area (Å²) in [7, 11) is 0. The third-order valence-electron chi connectivity index (χ3n) is 2.75. The molecule has 0 bridgehead atoms. The molecule has 2 heterocycles. The minimum Gasteiger partial charge on any atom is -0.342 e. The van der Waals surface area contributed by atoms with Crippen LogP contribution in [0.15, 0.2) is 12.3 Å². The van der Waals surface area contributed by atoms with E-state index < -0.39 is 0 Å². The minimum absolute atomic E-state index is 0.363. The quantitative estimate of drug-likeness (QED) is 0.841. The molecule has 0 aliphatic rings. The van der Waals surface area contributed by atoms with Crippen LogP contribution in [0.4, 0.5) is 0 Å². The summed E-state index contributed by atoms with van der Waals surface area (Å²) in [5, 5.41) is 0. The number of aromatic amines is 1. The molecule has 2 aromatic rings. The number of nitrogens with one attached hydrogen (secondary N) is 1. The van der Waals surface area contributed by atoms with Crippen LogP contribution in [0.1, 0.15) is 36.8 Å². The van der Waals surface area contributed by atoms with Gasteiger partial charge in [-0.05, 0) is 25.8 Å². The fraction of sp³-hybridized carbons (Fsp3) is 0.385. The summed E-state index contributed by atoms with van der Waals surface area (Å²) in [5.41, 5.74) is 2.92. The van der Waals surface area contributed by atoms with Crippen molar-refractivity contribution in [3.05, 3.63) is 34.0 Å². The summed E-state index contributed by atoms with van der Waals surface area (Å²) in [4.78, 5) is 16.1. The molecule has 0 radical (unpaired) electrons. The van der Waals surface area contributed by atoms with Gasteiger partial charge < -0.3 is 4.98 Å². The normalized spacial score (nSPS) is 10.9.